The predicted molar refractivity (Wildman–Crippen MR) is 123 cm³/mol. The van der Waals surface area contributed by atoms with E-state index >= 15 is 0 Å². The fraction of sp³-hybridized carbons (Fsp3) is 0.227. The van der Waals surface area contributed by atoms with Gasteiger partial charge in [-0.3, -0.25) is 19.5 Å². The molecule has 1 aromatic heterocycles. The maximum Gasteiger partial charge on any atom is 0.290 e. The van der Waals surface area contributed by atoms with Crippen molar-refractivity contribution in [2.24, 2.45) is 0 Å². The van der Waals surface area contributed by atoms with Crippen LogP contribution >= 0.6 is 15.9 Å². The third kappa shape index (κ3) is 4.46. The summed E-state index contributed by atoms with van der Waals surface area (Å²) in [5.74, 6) is -0.633. The third-order valence-electron chi connectivity index (χ3n) is 5.12. The van der Waals surface area contributed by atoms with Gasteiger partial charge in [-0.15, -0.1) is 0 Å². The summed E-state index contributed by atoms with van der Waals surface area (Å²) < 4.78 is 6.45. The van der Waals surface area contributed by atoms with Gasteiger partial charge < -0.3 is 20.1 Å². The molecule has 2 heterocycles. The number of halogens is 1. The van der Waals surface area contributed by atoms with Crippen molar-refractivity contribution in [1.29, 1.82) is 0 Å². The normalized spacial score (nSPS) is 13.7. The summed E-state index contributed by atoms with van der Waals surface area (Å²) in [6, 6.07) is 13.9. The maximum absolute atomic E-state index is 13.1. The second-order valence-corrected chi connectivity index (χ2v) is 8.03. The molecule has 3 aromatic rings. The number of anilines is 2. The Morgan fingerprint density at radius 1 is 1.09 bits per heavy atom. The number of aromatic hydroxyl groups is 1. The molecule has 0 atom stereocenters. The number of carbonyl (C=O) groups is 1. The minimum absolute atomic E-state index is 0.00359. The highest BCUT2D eigenvalue weighted by Gasteiger charge is 2.23. The highest BCUT2D eigenvalue weighted by Crippen LogP contribution is 2.31. The van der Waals surface area contributed by atoms with Gasteiger partial charge in [-0.05, 0) is 33.6 Å². The Kier molecular flexibility index (Phi) is 6.42. The summed E-state index contributed by atoms with van der Waals surface area (Å²) in [5.41, 5.74) is 0.0179. The number of nitrogens with one attached hydrogen (secondary N) is 2. The summed E-state index contributed by atoms with van der Waals surface area (Å²) >= 11 is 3.15. The van der Waals surface area contributed by atoms with Gasteiger partial charge in [0.15, 0.2) is 5.75 Å². The summed E-state index contributed by atoms with van der Waals surface area (Å²) in [7, 11) is 0. The molecule has 1 aliphatic rings. The van der Waals surface area contributed by atoms with Gasteiger partial charge in [-0.2, -0.15) is 0 Å². The van der Waals surface area contributed by atoms with Crippen LogP contribution in [0.2, 0.25) is 0 Å². The van der Waals surface area contributed by atoms with Crippen molar-refractivity contribution in [3.63, 3.8) is 0 Å². The largest absolute Gasteiger partial charge is 0.505 e. The molecule has 32 heavy (non-hydrogen) atoms. The van der Waals surface area contributed by atoms with Crippen LogP contribution < -0.4 is 16.4 Å². The second kappa shape index (κ2) is 9.41. The summed E-state index contributed by atoms with van der Waals surface area (Å²) in [5, 5.41) is 16.1. The molecule has 0 spiro atoms. The van der Waals surface area contributed by atoms with Crippen LogP contribution in [0.15, 0.2) is 62.6 Å². The number of rotatable bonds is 5. The van der Waals surface area contributed by atoms with Crippen LogP contribution in [-0.2, 0) is 11.3 Å². The van der Waals surface area contributed by atoms with Crippen LogP contribution in [0.1, 0.15) is 15.9 Å². The minimum Gasteiger partial charge on any atom is -0.505 e. The molecule has 4 rings (SSSR count). The molecule has 2 aromatic carbocycles. The van der Waals surface area contributed by atoms with E-state index in [-0.39, 0.29) is 39.6 Å². The molecular formula is C22H21BrN4O5. The Balaban J connectivity index is 1.68. The Morgan fingerprint density at radius 2 is 1.81 bits per heavy atom. The van der Waals surface area contributed by atoms with Gasteiger partial charge in [0.2, 0.25) is 0 Å². The van der Waals surface area contributed by atoms with Gasteiger partial charge >= 0.3 is 0 Å². The number of phenolic OH excluding ortho intramolecular Hbond substituents is 1. The average Bonchev–Trinajstić information content (AvgIpc) is 2.82. The maximum atomic E-state index is 13.1. The first-order chi connectivity index (χ1) is 15.5. The fourth-order valence-electron chi connectivity index (χ4n) is 3.44. The number of H-pyrrole nitrogens is 1. The van der Waals surface area contributed by atoms with Crippen LogP contribution in [0.4, 0.5) is 11.4 Å². The van der Waals surface area contributed by atoms with Gasteiger partial charge in [0.05, 0.1) is 31.0 Å². The van der Waals surface area contributed by atoms with E-state index in [2.05, 4.69) is 26.3 Å². The molecule has 0 radical (unpaired) electrons. The third-order valence-corrected chi connectivity index (χ3v) is 5.88. The van der Waals surface area contributed by atoms with Crippen LogP contribution in [0.3, 0.4) is 0 Å². The molecule has 0 aliphatic carbocycles. The first-order valence-electron chi connectivity index (χ1n) is 9.98. The van der Waals surface area contributed by atoms with Gasteiger partial charge in [0, 0.05) is 13.1 Å². The lowest BCUT2D eigenvalue weighted by Crippen LogP contribution is -2.40. The number of benzene rings is 2. The van der Waals surface area contributed by atoms with Crippen molar-refractivity contribution < 1.29 is 14.6 Å². The van der Waals surface area contributed by atoms with Gasteiger partial charge in [-0.1, -0.05) is 36.4 Å². The van der Waals surface area contributed by atoms with E-state index in [0.29, 0.717) is 26.3 Å². The highest BCUT2D eigenvalue weighted by molar-refractivity contribution is 9.10. The minimum atomic E-state index is -0.511. The highest BCUT2D eigenvalue weighted by atomic mass is 79.9. The first kappa shape index (κ1) is 21.8. The van der Waals surface area contributed by atoms with E-state index in [4.69, 9.17) is 4.74 Å². The lowest BCUT2D eigenvalue weighted by Gasteiger charge is -2.27. The van der Waals surface area contributed by atoms with E-state index < -0.39 is 11.1 Å². The fourth-order valence-corrected chi connectivity index (χ4v) is 3.80. The number of hydrogen-bond donors (Lipinski definition) is 3. The quantitative estimate of drug-likeness (QED) is 0.462. The number of aromatic amines is 1. The molecule has 9 nitrogen and oxygen atoms in total. The van der Waals surface area contributed by atoms with Crippen molar-refractivity contribution in [3.8, 4) is 5.75 Å². The van der Waals surface area contributed by atoms with E-state index in [1.54, 1.807) is 11.0 Å². The Bertz CT molecular complexity index is 1250. The molecule has 166 valence electrons. The molecule has 0 unspecified atom stereocenters. The first-order valence-corrected chi connectivity index (χ1v) is 10.8. The van der Waals surface area contributed by atoms with Gasteiger partial charge in [0.25, 0.3) is 17.0 Å². The molecule has 0 saturated carbocycles. The van der Waals surface area contributed by atoms with E-state index in [1.165, 1.54) is 16.8 Å². The molecule has 1 saturated heterocycles. The number of carbonyl (C=O) groups excluding carboxylic acids is 1. The molecule has 1 aliphatic heterocycles. The van der Waals surface area contributed by atoms with Crippen molar-refractivity contribution >= 4 is 33.2 Å². The lowest BCUT2D eigenvalue weighted by atomic mass is 10.1. The molecule has 1 fully saturated rings. The number of phenols is 1. The molecule has 0 bridgehead atoms. The number of hydrogen-bond acceptors (Lipinski definition) is 6. The number of para-hydroxylation sites is 1. The van der Waals surface area contributed by atoms with Crippen molar-refractivity contribution in [2.75, 3.05) is 31.6 Å². The van der Waals surface area contributed by atoms with Gasteiger partial charge in [0.1, 0.15) is 10.2 Å². The Morgan fingerprint density at radius 3 is 2.53 bits per heavy atom. The number of amides is 1. The smallest absolute Gasteiger partial charge is 0.290 e. The van der Waals surface area contributed by atoms with Gasteiger partial charge in [-0.25, -0.2) is 4.68 Å². The van der Waals surface area contributed by atoms with E-state index in [9.17, 15) is 19.5 Å². The molecule has 3 N–H and O–H groups in total. The number of morpholine rings is 1. The monoisotopic (exact) mass is 500 g/mol. The van der Waals surface area contributed by atoms with Crippen molar-refractivity contribution in [2.45, 2.75) is 6.54 Å². The summed E-state index contributed by atoms with van der Waals surface area (Å²) in [4.78, 5) is 39.9. The van der Waals surface area contributed by atoms with Crippen LogP contribution in [-0.4, -0.2) is 52.0 Å². The van der Waals surface area contributed by atoms with E-state index in [1.807, 2.05) is 30.3 Å². The number of aromatic nitrogens is 2. The van der Waals surface area contributed by atoms with Crippen molar-refractivity contribution in [3.05, 3.63) is 84.8 Å². The molecule has 1 amide bonds. The zero-order chi connectivity index (χ0) is 22.7. The van der Waals surface area contributed by atoms with E-state index in [0.717, 1.165) is 5.56 Å². The molecule has 10 heteroatoms. The summed E-state index contributed by atoms with van der Waals surface area (Å²) in [6.45, 7) is 1.90. The summed E-state index contributed by atoms with van der Waals surface area (Å²) in [6.07, 6.45) is 0. The Labute approximate surface area is 191 Å². The zero-order valence-electron chi connectivity index (χ0n) is 17.0. The Hall–Kier alpha value is -3.37. The van der Waals surface area contributed by atoms with Crippen LogP contribution in [0, 0.1) is 0 Å². The zero-order valence-corrected chi connectivity index (χ0v) is 18.6. The predicted octanol–water partition coefficient (Wildman–Crippen LogP) is 2.27. The molecular weight excluding hydrogens is 480 g/mol. The van der Waals surface area contributed by atoms with Crippen molar-refractivity contribution in [1.82, 2.24) is 14.7 Å². The lowest BCUT2D eigenvalue weighted by molar-refractivity contribution is 0.0301. The second-order valence-electron chi connectivity index (χ2n) is 7.24. The van der Waals surface area contributed by atoms with Crippen LogP contribution in [0.25, 0.3) is 0 Å². The topological polar surface area (TPSA) is 117 Å². The SMILES string of the molecule is O=C(c1cccc(Nc2c(Br)c(=O)[nH]n(Cc3ccccc3)c2=O)c1O)N1CCOCC1. The number of nitrogens with zero attached hydrogens (tertiary/aromatic N) is 2. The average molecular weight is 501 g/mol. The standard InChI is InChI=1S/C22H21BrN4O5/c23-17-18(22(31)27(25-20(17)29)13-14-5-2-1-3-6-14)24-16-8-4-7-15(19(16)28)21(30)26-9-11-32-12-10-26/h1-8,24,28H,9-13H2,(H,25,29). The van der Waals surface area contributed by atoms with Crippen LogP contribution in [0.5, 0.6) is 5.75 Å². The number of ether oxygens (including phenoxy) is 1.